The first-order valence-corrected chi connectivity index (χ1v) is 9.05. The fourth-order valence-electron chi connectivity index (χ4n) is 3.24. The van der Waals surface area contributed by atoms with E-state index in [1.165, 1.54) is 30.2 Å². The second-order valence-corrected chi connectivity index (χ2v) is 7.02. The Morgan fingerprint density at radius 1 is 1.17 bits per heavy atom. The summed E-state index contributed by atoms with van der Waals surface area (Å²) in [4.78, 5) is 13.6. The van der Waals surface area contributed by atoms with E-state index in [0.29, 0.717) is 5.69 Å². The maximum atomic E-state index is 12.4. The fraction of sp³-hybridized carbons (Fsp3) is 0.263. The van der Waals surface area contributed by atoms with Crippen molar-refractivity contribution in [2.24, 2.45) is 0 Å². The second-order valence-electron chi connectivity index (χ2n) is 6.04. The number of amides is 1. The van der Waals surface area contributed by atoms with E-state index in [1.54, 1.807) is 17.4 Å². The Morgan fingerprint density at radius 2 is 2.04 bits per heavy atom. The van der Waals surface area contributed by atoms with Crippen LogP contribution in [-0.4, -0.2) is 11.1 Å². The van der Waals surface area contributed by atoms with Gasteiger partial charge in [-0.3, -0.25) is 4.79 Å². The van der Waals surface area contributed by atoms with Crippen LogP contribution in [0.15, 0.2) is 52.6 Å². The number of carbonyl (C=O) groups is 1. The van der Waals surface area contributed by atoms with E-state index in [0.717, 1.165) is 23.3 Å². The van der Waals surface area contributed by atoms with Crippen LogP contribution in [0, 0.1) is 0 Å². The number of fused-ring (bicyclic) bond motifs is 1. The molecule has 1 amide bonds. The summed E-state index contributed by atoms with van der Waals surface area (Å²) in [7, 11) is 0. The summed E-state index contributed by atoms with van der Waals surface area (Å²) < 4.78 is 4.78. The van der Waals surface area contributed by atoms with Gasteiger partial charge in [0.05, 0.1) is 6.04 Å². The highest BCUT2D eigenvalue weighted by Gasteiger charge is 2.21. The molecule has 1 aromatic carbocycles. The predicted molar refractivity (Wildman–Crippen MR) is 93.2 cm³/mol. The molecule has 4 rings (SSSR count). The summed E-state index contributed by atoms with van der Waals surface area (Å²) >= 11 is 1.64. The number of carbonyl (C=O) groups excluding carboxylic acids is 1. The smallest absolute Gasteiger partial charge is 0.274 e. The molecule has 122 valence electrons. The molecule has 2 aromatic heterocycles. The largest absolute Gasteiger partial charge is 0.364 e. The Labute approximate surface area is 144 Å². The van der Waals surface area contributed by atoms with Gasteiger partial charge in [-0.1, -0.05) is 29.4 Å². The van der Waals surface area contributed by atoms with Gasteiger partial charge in [0.25, 0.3) is 5.91 Å². The quantitative estimate of drug-likeness (QED) is 0.778. The van der Waals surface area contributed by atoms with Crippen molar-refractivity contribution in [1.82, 2.24) is 10.5 Å². The Kier molecular flexibility index (Phi) is 4.17. The number of nitrogens with one attached hydrogen (secondary N) is 1. The van der Waals surface area contributed by atoms with Crippen LogP contribution in [-0.2, 0) is 12.8 Å². The lowest BCUT2D eigenvalue weighted by molar-refractivity contribution is 0.0934. The SMILES string of the molecule is O=C(NC(c1ccc2c(c1)CCCC2)c1cccs1)c1ccon1. The summed E-state index contributed by atoms with van der Waals surface area (Å²) in [5.41, 5.74) is 4.28. The molecule has 0 aliphatic heterocycles. The highest BCUT2D eigenvalue weighted by atomic mass is 32.1. The summed E-state index contributed by atoms with van der Waals surface area (Å²) in [5, 5.41) is 8.86. The van der Waals surface area contributed by atoms with Crippen LogP contribution in [0.1, 0.15) is 50.9 Å². The summed E-state index contributed by atoms with van der Waals surface area (Å²) in [5.74, 6) is -0.222. The minimum Gasteiger partial charge on any atom is -0.364 e. The van der Waals surface area contributed by atoms with Crippen LogP contribution < -0.4 is 5.32 Å². The minimum absolute atomic E-state index is 0.165. The monoisotopic (exact) mass is 338 g/mol. The molecule has 1 unspecified atom stereocenters. The van der Waals surface area contributed by atoms with E-state index in [-0.39, 0.29) is 11.9 Å². The zero-order valence-electron chi connectivity index (χ0n) is 13.2. The van der Waals surface area contributed by atoms with E-state index in [1.807, 2.05) is 11.4 Å². The van der Waals surface area contributed by atoms with E-state index < -0.39 is 0 Å². The van der Waals surface area contributed by atoms with Crippen LogP contribution in [0.5, 0.6) is 0 Å². The molecule has 0 fully saturated rings. The molecule has 1 aliphatic carbocycles. The summed E-state index contributed by atoms with van der Waals surface area (Å²) in [6.45, 7) is 0. The third-order valence-electron chi connectivity index (χ3n) is 4.48. The van der Waals surface area contributed by atoms with Crippen LogP contribution in [0.4, 0.5) is 0 Å². The highest BCUT2D eigenvalue weighted by Crippen LogP contribution is 2.30. The van der Waals surface area contributed by atoms with Crippen molar-refractivity contribution in [1.29, 1.82) is 0 Å². The molecular weight excluding hydrogens is 320 g/mol. The molecule has 2 heterocycles. The summed E-state index contributed by atoms with van der Waals surface area (Å²) in [6.07, 6.45) is 6.20. The van der Waals surface area contributed by atoms with E-state index in [4.69, 9.17) is 4.52 Å². The molecule has 1 atom stereocenters. The van der Waals surface area contributed by atoms with E-state index >= 15 is 0 Å². The van der Waals surface area contributed by atoms with Gasteiger partial charge in [0.15, 0.2) is 5.69 Å². The third-order valence-corrected chi connectivity index (χ3v) is 5.42. The van der Waals surface area contributed by atoms with Crippen LogP contribution in [0.25, 0.3) is 0 Å². The Balaban J connectivity index is 1.67. The first-order chi connectivity index (χ1) is 11.8. The highest BCUT2D eigenvalue weighted by molar-refractivity contribution is 7.10. The van der Waals surface area contributed by atoms with Crippen molar-refractivity contribution in [3.8, 4) is 0 Å². The molecule has 4 nitrogen and oxygen atoms in total. The number of thiophene rings is 1. The zero-order valence-corrected chi connectivity index (χ0v) is 14.0. The van der Waals surface area contributed by atoms with Gasteiger partial charge in [0, 0.05) is 10.9 Å². The number of benzene rings is 1. The van der Waals surface area contributed by atoms with Gasteiger partial charge in [-0.05, 0) is 53.8 Å². The molecule has 0 saturated carbocycles. The second kappa shape index (κ2) is 6.61. The van der Waals surface area contributed by atoms with Crippen molar-refractivity contribution in [3.63, 3.8) is 0 Å². The van der Waals surface area contributed by atoms with Gasteiger partial charge in [-0.15, -0.1) is 11.3 Å². The normalized spacial score (nSPS) is 14.8. The summed E-state index contributed by atoms with van der Waals surface area (Å²) in [6, 6.07) is 12.1. The number of nitrogens with zero attached hydrogens (tertiary/aromatic N) is 1. The molecular formula is C19H18N2O2S. The maximum Gasteiger partial charge on any atom is 0.274 e. The molecule has 0 saturated heterocycles. The average molecular weight is 338 g/mol. The third kappa shape index (κ3) is 2.99. The number of aryl methyl sites for hydroxylation is 2. The van der Waals surface area contributed by atoms with Gasteiger partial charge >= 0.3 is 0 Å². The molecule has 0 radical (unpaired) electrons. The van der Waals surface area contributed by atoms with E-state index in [9.17, 15) is 4.79 Å². The molecule has 1 aliphatic rings. The molecule has 0 spiro atoms. The molecule has 0 bridgehead atoms. The number of rotatable bonds is 4. The number of hydrogen-bond acceptors (Lipinski definition) is 4. The van der Waals surface area contributed by atoms with Gasteiger partial charge < -0.3 is 9.84 Å². The topological polar surface area (TPSA) is 55.1 Å². The lowest BCUT2D eigenvalue weighted by Crippen LogP contribution is -2.29. The Morgan fingerprint density at radius 3 is 2.79 bits per heavy atom. The minimum atomic E-state index is -0.222. The molecule has 3 aromatic rings. The van der Waals surface area contributed by atoms with E-state index in [2.05, 4.69) is 34.7 Å². The van der Waals surface area contributed by atoms with Gasteiger partial charge in [-0.25, -0.2) is 0 Å². The standard InChI is InChI=1S/C19H18N2O2S/c22-19(16-9-10-23-21-16)20-18(17-6-3-11-24-17)15-8-7-13-4-1-2-5-14(13)12-15/h3,6-12,18H,1-2,4-5H2,(H,20,22). The first-order valence-electron chi connectivity index (χ1n) is 8.17. The van der Waals surface area contributed by atoms with Gasteiger partial charge in [-0.2, -0.15) is 0 Å². The Bertz CT molecular complexity index is 825. The average Bonchev–Trinajstić information content (AvgIpc) is 3.32. The van der Waals surface area contributed by atoms with Crippen molar-refractivity contribution in [2.75, 3.05) is 0 Å². The molecule has 5 heteroatoms. The number of hydrogen-bond donors (Lipinski definition) is 1. The van der Waals surface area contributed by atoms with Gasteiger partial charge in [0.1, 0.15) is 6.26 Å². The van der Waals surface area contributed by atoms with Crippen molar-refractivity contribution in [3.05, 3.63) is 75.3 Å². The number of aromatic nitrogens is 1. The predicted octanol–water partition coefficient (Wildman–Crippen LogP) is 4.13. The van der Waals surface area contributed by atoms with Crippen molar-refractivity contribution in [2.45, 2.75) is 31.7 Å². The maximum absolute atomic E-state index is 12.4. The Hall–Kier alpha value is -2.40. The van der Waals surface area contributed by atoms with Crippen molar-refractivity contribution < 1.29 is 9.32 Å². The van der Waals surface area contributed by atoms with Crippen molar-refractivity contribution >= 4 is 17.2 Å². The zero-order chi connectivity index (χ0) is 16.4. The van der Waals surface area contributed by atoms with Crippen LogP contribution in [0.2, 0.25) is 0 Å². The molecule has 24 heavy (non-hydrogen) atoms. The molecule has 1 N–H and O–H groups in total. The fourth-order valence-corrected chi connectivity index (χ4v) is 4.04. The van der Waals surface area contributed by atoms with Crippen LogP contribution >= 0.6 is 11.3 Å². The lowest BCUT2D eigenvalue weighted by Gasteiger charge is -2.21. The first kappa shape index (κ1) is 15.1. The lowest BCUT2D eigenvalue weighted by atomic mass is 9.89. The van der Waals surface area contributed by atoms with Gasteiger partial charge in [0.2, 0.25) is 0 Å². The van der Waals surface area contributed by atoms with Crippen LogP contribution in [0.3, 0.4) is 0 Å².